The Balaban J connectivity index is 1.74. The summed E-state index contributed by atoms with van der Waals surface area (Å²) in [5.41, 5.74) is 0.0475. The van der Waals surface area contributed by atoms with Gasteiger partial charge < -0.3 is 9.84 Å². The highest BCUT2D eigenvalue weighted by atomic mass is 16.5. The molecule has 2 heterocycles. The predicted octanol–water partition coefficient (Wildman–Crippen LogP) is 3.64. The van der Waals surface area contributed by atoms with Gasteiger partial charge in [-0.2, -0.15) is 4.98 Å². The Morgan fingerprint density at radius 1 is 1.29 bits per heavy atom. The van der Waals surface area contributed by atoms with Gasteiger partial charge in [-0.25, -0.2) is 0 Å². The van der Waals surface area contributed by atoms with Crippen LogP contribution in [0, 0.1) is 11.8 Å². The van der Waals surface area contributed by atoms with Gasteiger partial charge in [0, 0.05) is 12.5 Å². The molecule has 0 aromatic carbocycles. The third-order valence-corrected chi connectivity index (χ3v) is 5.95. The molecule has 4 nitrogen and oxygen atoms in total. The first-order valence-corrected chi connectivity index (χ1v) is 8.70. The van der Waals surface area contributed by atoms with E-state index in [0.717, 1.165) is 37.1 Å². The Morgan fingerprint density at radius 2 is 2.05 bits per heavy atom. The molecule has 0 amide bonds. The minimum atomic E-state index is 0.0475. The molecule has 1 aromatic heterocycles. The molecule has 21 heavy (non-hydrogen) atoms. The summed E-state index contributed by atoms with van der Waals surface area (Å²) in [5.74, 6) is 3.79. The molecule has 1 N–H and O–H groups in total. The zero-order chi connectivity index (χ0) is 14.9. The van der Waals surface area contributed by atoms with Gasteiger partial charge in [-0.1, -0.05) is 32.3 Å². The minimum Gasteiger partial charge on any atom is -0.339 e. The van der Waals surface area contributed by atoms with E-state index in [2.05, 4.69) is 31.2 Å². The van der Waals surface area contributed by atoms with Crippen LogP contribution in [0.3, 0.4) is 0 Å². The zero-order valence-corrected chi connectivity index (χ0v) is 13.7. The van der Waals surface area contributed by atoms with Crippen LogP contribution in [-0.4, -0.2) is 23.2 Å². The SMILES string of the molecule is CCC1CCC(c2noc(C3(C(C)C)CCNC3)n2)CC1. The Kier molecular flexibility index (Phi) is 4.34. The summed E-state index contributed by atoms with van der Waals surface area (Å²) in [6.45, 7) is 8.86. The lowest BCUT2D eigenvalue weighted by Crippen LogP contribution is -2.35. The molecular weight excluding hydrogens is 262 g/mol. The fourth-order valence-electron chi connectivity index (χ4n) is 4.07. The van der Waals surface area contributed by atoms with E-state index in [0.29, 0.717) is 11.8 Å². The van der Waals surface area contributed by atoms with Crippen molar-refractivity contribution in [3.63, 3.8) is 0 Å². The van der Waals surface area contributed by atoms with Gasteiger partial charge in [-0.15, -0.1) is 0 Å². The molecule has 3 rings (SSSR count). The Bertz CT molecular complexity index is 454. The summed E-state index contributed by atoms with van der Waals surface area (Å²) in [6.07, 6.45) is 7.51. The first kappa shape index (κ1) is 15.0. The summed E-state index contributed by atoms with van der Waals surface area (Å²) in [7, 11) is 0. The number of nitrogens with one attached hydrogen (secondary N) is 1. The van der Waals surface area contributed by atoms with Crippen molar-refractivity contribution in [3.05, 3.63) is 11.7 Å². The molecule has 1 saturated heterocycles. The van der Waals surface area contributed by atoms with Gasteiger partial charge in [0.1, 0.15) is 0 Å². The van der Waals surface area contributed by atoms with Crippen LogP contribution in [0.1, 0.15) is 76.9 Å². The van der Waals surface area contributed by atoms with Crippen molar-refractivity contribution in [1.82, 2.24) is 15.5 Å². The fraction of sp³-hybridized carbons (Fsp3) is 0.882. The number of hydrogen-bond acceptors (Lipinski definition) is 4. The van der Waals surface area contributed by atoms with Gasteiger partial charge in [0.05, 0.1) is 5.41 Å². The van der Waals surface area contributed by atoms with Crippen LogP contribution in [0.2, 0.25) is 0 Å². The number of nitrogens with zero attached hydrogens (tertiary/aromatic N) is 2. The van der Waals surface area contributed by atoms with Crippen LogP contribution in [0.25, 0.3) is 0 Å². The van der Waals surface area contributed by atoms with Gasteiger partial charge in [0.25, 0.3) is 0 Å². The lowest BCUT2D eigenvalue weighted by Gasteiger charge is -2.28. The highest BCUT2D eigenvalue weighted by Crippen LogP contribution is 2.40. The molecule has 2 aliphatic rings. The largest absolute Gasteiger partial charge is 0.339 e. The Hall–Kier alpha value is -0.900. The van der Waals surface area contributed by atoms with Crippen molar-refractivity contribution in [2.24, 2.45) is 11.8 Å². The highest BCUT2D eigenvalue weighted by molar-refractivity contribution is 5.13. The molecular formula is C17H29N3O. The third-order valence-electron chi connectivity index (χ3n) is 5.95. The topological polar surface area (TPSA) is 51.0 Å². The number of aromatic nitrogens is 2. The Morgan fingerprint density at radius 3 is 2.62 bits per heavy atom. The first-order chi connectivity index (χ1) is 10.2. The second kappa shape index (κ2) is 6.07. The van der Waals surface area contributed by atoms with E-state index in [1.54, 1.807) is 0 Å². The molecule has 2 fully saturated rings. The zero-order valence-electron chi connectivity index (χ0n) is 13.7. The van der Waals surface area contributed by atoms with Crippen molar-refractivity contribution in [2.75, 3.05) is 13.1 Å². The van der Waals surface area contributed by atoms with E-state index in [4.69, 9.17) is 9.51 Å². The van der Waals surface area contributed by atoms with Gasteiger partial charge in [0.15, 0.2) is 5.82 Å². The van der Waals surface area contributed by atoms with Crippen molar-refractivity contribution in [2.45, 2.75) is 70.6 Å². The van der Waals surface area contributed by atoms with E-state index >= 15 is 0 Å². The summed E-state index contributed by atoms with van der Waals surface area (Å²) < 4.78 is 5.72. The molecule has 1 atom stereocenters. The summed E-state index contributed by atoms with van der Waals surface area (Å²) in [5, 5.41) is 7.82. The Labute approximate surface area is 128 Å². The second-order valence-corrected chi connectivity index (χ2v) is 7.32. The van der Waals surface area contributed by atoms with Gasteiger partial charge in [-0.05, 0) is 50.5 Å². The van der Waals surface area contributed by atoms with Crippen molar-refractivity contribution < 1.29 is 4.52 Å². The molecule has 1 aliphatic carbocycles. The van der Waals surface area contributed by atoms with E-state index in [1.807, 2.05) is 0 Å². The average Bonchev–Trinajstić information content (AvgIpc) is 3.17. The number of rotatable bonds is 4. The lowest BCUT2D eigenvalue weighted by atomic mass is 9.76. The van der Waals surface area contributed by atoms with Gasteiger partial charge in [0.2, 0.25) is 5.89 Å². The fourth-order valence-corrected chi connectivity index (χ4v) is 4.07. The second-order valence-electron chi connectivity index (χ2n) is 7.32. The maximum Gasteiger partial charge on any atom is 0.234 e. The van der Waals surface area contributed by atoms with Crippen LogP contribution in [-0.2, 0) is 5.41 Å². The third kappa shape index (κ3) is 2.75. The van der Waals surface area contributed by atoms with Crippen LogP contribution in [0.5, 0.6) is 0 Å². The van der Waals surface area contributed by atoms with E-state index < -0.39 is 0 Å². The van der Waals surface area contributed by atoms with Gasteiger partial charge >= 0.3 is 0 Å². The van der Waals surface area contributed by atoms with Gasteiger partial charge in [-0.3, -0.25) is 0 Å². The smallest absolute Gasteiger partial charge is 0.234 e. The van der Waals surface area contributed by atoms with E-state index in [1.165, 1.54) is 32.1 Å². The lowest BCUT2D eigenvalue weighted by molar-refractivity contribution is 0.233. The normalized spacial score (nSPS) is 33.7. The summed E-state index contributed by atoms with van der Waals surface area (Å²) in [4.78, 5) is 4.84. The maximum absolute atomic E-state index is 5.72. The molecule has 0 spiro atoms. The summed E-state index contributed by atoms with van der Waals surface area (Å²) in [6, 6.07) is 0. The predicted molar refractivity (Wildman–Crippen MR) is 83.3 cm³/mol. The molecule has 1 aromatic rings. The van der Waals surface area contributed by atoms with Crippen molar-refractivity contribution >= 4 is 0 Å². The summed E-state index contributed by atoms with van der Waals surface area (Å²) >= 11 is 0. The van der Waals surface area contributed by atoms with E-state index in [-0.39, 0.29) is 5.41 Å². The molecule has 0 bridgehead atoms. The van der Waals surface area contributed by atoms with E-state index in [9.17, 15) is 0 Å². The standard InChI is InChI=1S/C17H29N3O/c1-4-13-5-7-14(8-6-13)15-19-16(21-20-15)17(12(2)3)9-10-18-11-17/h12-14,18H,4-11H2,1-3H3. The quantitative estimate of drug-likeness (QED) is 0.920. The van der Waals surface area contributed by atoms with Crippen LogP contribution < -0.4 is 5.32 Å². The van der Waals surface area contributed by atoms with Crippen LogP contribution in [0.4, 0.5) is 0 Å². The highest BCUT2D eigenvalue weighted by Gasteiger charge is 2.44. The molecule has 0 radical (unpaired) electrons. The molecule has 1 unspecified atom stereocenters. The monoisotopic (exact) mass is 291 g/mol. The van der Waals surface area contributed by atoms with Crippen LogP contribution in [0.15, 0.2) is 4.52 Å². The molecule has 4 heteroatoms. The first-order valence-electron chi connectivity index (χ1n) is 8.70. The number of hydrogen-bond donors (Lipinski definition) is 1. The molecule has 1 saturated carbocycles. The molecule has 118 valence electrons. The van der Waals surface area contributed by atoms with Crippen LogP contribution >= 0.6 is 0 Å². The average molecular weight is 291 g/mol. The maximum atomic E-state index is 5.72. The minimum absolute atomic E-state index is 0.0475. The molecule has 1 aliphatic heterocycles. The van der Waals surface area contributed by atoms with Crippen molar-refractivity contribution in [1.29, 1.82) is 0 Å². The van der Waals surface area contributed by atoms with Crippen molar-refractivity contribution in [3.8, 4) is 0 Å².